The molecule has 0 aliphatic rings. The summed E-state index contributed by atoms with van der Waals surface area (Å²) in [4.78, 5) is 15.0. The minimum absolute atomic E-state index is 0.00480. The van der Waals surface area contributed by atoms with Crippen molar-refractivity contribution in [2.45, 2.75) is 0 Å². The minimum Gasteiger partial charge on any atom is -0.456 e. The van der Waals surface area contributed by atoms with Crippen molar-refractivity contribution in [2.75, 3.05) is 0 Å². The molecule has 0 amide bonds. The smallest absolute Gasteiger partial charge is 0.164 e. The molecule has 0 fully saturated rings. The molecule has 0 radical (unpaired) electrons. The van der Waals surface area contributed by atoms with Gasteiger partial charge in [-0.25, -0.2) is 15.0 Å². The van der Waals surface area contributed by atoms with Crippen molar-refractivity contribution in [3.8, 4) is 56.4 Å². The third-order valence-electron chi connectivity index (χ3n) is 8.38. The van der Waals surface area contributed by atoms with Crippen molar-refractivity contribution in [1.29, 1.82) is 0 Å². The van der Waals surface area contributed by atoms with Crippen molar-refractivity contribution in [1.82, 2.24) is 15.0 Å². The average molecular weight is 607 g/mol. The maximum atomic E-state index is 8.99. The molecule has 7 aromatic carbocycles. The third kappa shape index (κ3) is 4.84. The van der Waals surface area contributed by atoms with E-state index in [-0.39, 0.29) is 41.4 Å². The minimum atomic E-state index is -0.248. The molecule has 0 atom stereocenters. The first-order valence-electron chi connectivity index (χ1n) is 17.8. The number of nitrogens with zero attached hydrogens (tertiary/aromatic N) is 3. The number of rotatable bonds is 5. The average Bonchev–Trinajstić information content (AvgIpc) is 3.56. The van der Waals surface area contributed by atoms with Gasteiger partial charge in [-0.2, -0.15) is 0 Å². The van der Waals surface area contributed by atoms with E-state index < -0.39 is 0 Å². The Hall–Kier alpha value is -6.39. The van der Waals surface area contributed by atoms with E-state index >= 15 is 0 Å². The van der Waals surface area contributed by atoms with Crippen LogP contribution in [-0.2, 0) is 0 Å². The van der Waals surface area contributed by atoms with E-state index in [1.54, 1.807) is 0 Å². The second-order valence-electron chi connectivity index (χ2n) is 11.3. The predicted molar refractivity (Wildman–Crippen MR) is 192 cm³/mol. The van der Waals surface area contributed by atoms with Crippen molar-refractivity contribution in [2.24, 2.45) is 0 Å². The van der Waals surface area contributed by atoms with Gasteiger partial charge in [0.2, 0.25) is 0 Å². The highest BCUT2D eigenvalue weighted by Gasteiger charge is 2.17. The summed E-state index contributed by atoms with van der Waals surface area (Å²) in [6.45, 7) is 0. The molecule has 4 heteroatoms. The Labute approximate surface area is 278 Å². The summed E-state index contributed by atoms with van der Waals surface area (Å²) in [5, 5.41) is 3.13. The number of furan rings is 1. The summed E-state index contributed by atoms with van der Waals surface area (Å²) >= 11 is 0. The van der Waals surface area contributed by atoms with E-state index in [9.17, 15) is 0 Å². The first kappa shape index (κ1) is 22.2. The third-order valence-corrected chi connectivity index (χ3v) is 8.38. The van der Waals surface area contributed by atoms with Crippen LogP contribution in [-0.4, -0.2) is 15.0 Å². The molecule has 0 bridgehead atoms. The number of fused-ring (bicyclic) bond motifs is 4. The van der Waals surface area contributed by atoms with E-state index in [0.717, 1.165) is 38.6 Å². The molecular formula is C43H27N3O. The van der Waals surface area contributed by atoms with E-state index in [4.69, 9.17) is 26.2 Å². The van der Waals surface area contributed by atoms with Crippen LogP contribution in [0.1, 0.15) is 6.85 Å². The molecule has 0 saturated heterocycles. The van der Waals surface area contributed by atoms with Crippen LogP contribution in [0.2, 0.25) is 0 Å². The Balaban J connectivity index is 1.23. The van der Waals surface area contributed by atoms with Crippen LogP contribution in [0.4, 0.5) is 0 Å². The second kappa shape index (κ2) is 11.2. The Morgan fingerprint density at radius 3 is 2.00 bits per heavy atom. The maximum absolute atomic E-state index is 8.99. The topological polar surface area (TPSA) is 51.8 Å². The van der Waals surface area contributed by atoms with Gasteiger partial charge in [0.1, 0.15) is 11.2 Å². The normalized spacial score (nSPS) is 12.9. The van der Waals surface area contributed by atoms with Crippen LogP contribution >= 0.6 is 0 Å². The molecule has 220 valence electrons. The van der Waals surface area contributed by atoms with Crippen molar-refractivity contribution >= 4 is 32.7 Å². The molecule has 0 unspecified atom stereocenters. The van der Waals surface area contributed by atoms with Crippen LogP contribution < -0.4 is 0 Å². The molecule has 0 N–H and O–H groups in total. The van der Waals surface area contributed by atoms with Crippen molar-refractivity contribution in [3.63, 3.8) is 0 Å². The van der Waals surface area contributed by atoms with Crippen LogP contribution in [0.25, 0.3) is 89.1 Å². The molecule has 2 heterocycles. The molecule has 9 aromatic rings. The highest BCUT2D eigenvalue weighted by Crippen LogP contribution is 2.39. The monoisotopic (exact) mass is 606 g/mol. The first-order valence-corrected chi connectivity index (χ1v) is 15.3. The summed E-state index contributed by atoms with van der Waals surface area (Å²) in [6.07, 6.45) is 0. The SMILES string of the molecule is [2H]c1cc2c(oc3c([2H])cc([2H])c(-c4cccc(-c5ccccc5-c5nc(-c6ccccc6)nc(-c6ccc7ccccc7c6)n5)c4)c32)c([2H])c1[2H]. The van der Waals surface area contributed by atoms with Gasteiger partial charge in [0.05, 0.1) is 6.85 Å². The summed E-state index contributed by atoms with van der Waals surface area (Å²) in [5.41, 5.74) is 5.84. The summed E-state index contributed by atoms with van der Waals surface area (Å²) in [6, 6.07) is 42.4. The number of aromatic nitrogens is 3. The van der Waals surface area contributed by atoms with E-state index in [2.05, 4.69) is 24.3 Å². The number of hydrogen-bond donors (Lipinski definition) is 0. The molecule has 9 rings (SSSR count). The Morgan fingerprint density at radius 2 is 1.13 bits per heavy atom. The van der Waals surface area contributed by atoms with E-state index in [0.29, 0.717) is 39.4 Å². The second-order valence-corrected chi connectivity index (χ2v) is 11.3. The fraction of sp³-hybridized carbons (Fsp3) is 0. The quantitative estimate of drug-likeness (QED) is 0.196. The predicted octanol–water partition coefficient (Wildman–Crippen LogP) is 11.3. The maximum Gasteiger partial charge on any atom is 0.164 e. The van der Waals surface area contributed by atoms with Crippen molar-refractivity contribution in [3.05, 3.63) is 164 Å². The van der Waals surface area contributed by atoms with Gasteiger partial charge in [-0.05, 0) is 57.2 Å². The molecule has 0 aliphatic heterocycles. The van der Waals surface area contributed by atoms with Gasteiger partial charge in [-0.1, -0.05) is 139 Å². The van der Waals surface area contributed by atoms with Crippen LogP contribution in [0.5, 0.6) is 0 Å². The summed E-state index contributed by atoms with van der Waals surface area (Å²) in [5.74, 6) is 1.62. The molecule has 0 aliphatic carbocycles. The molecule has 2 aromatic heterocycles. The first-order chi connectivity index (χ1) is 25.3. The highest BCUT2D eigenvalue weighted by molar-refractivity contribution is 6.12. The highest BCUT2D eigenvalue weighted by atomic mass is 16.3. The van der Waals surface area contributed by atoms with Crippen LogP contribution in [0.15, 0.2) is 168 Å². The van der Waals surface area contributed by atoms with Gasteiger partial charge < -0.3 is 4.42 Å². The summed E-state index contributed by atoms with van der Waals surface area (Å²) < 4.78 is 48.5. The van der Waals surface area contributed by atoms with Gasteiger partial charge in [-0.3, -0.25) is 0 Å². The zero-order valence-corrected chi connectivity index (χ0v) is 25.0. The molecular weight excluding hydrogens is 574 g/mol. The lowest BCUT2D eigenvalue weighted by atomic mass is 9.94. The molecule has 47 heavy (non-hydrogen) atoms. The number of benzene rings is 7. The number of hydrogen-bond acceptors (Lipinski definition) is 4. The van der Waals surface area contributed by atoms with Crippen LogP contribution in [0, 0.1) is 0 Å². The van der Waals surface area contributed by atoms with Gasteiger partial charge in [-0.15, -0.1) is 0 Å². The zero-order chi connectivity index (χ0) is 35.5. The lowest BCUT2D eigenvalue weighted by Crippen LogP contribution is -2.01. The fourth-order valence-electron chi connectivity index (χ4n) is 6.14. The lowest BCUT2D eigenvalue weighted by Gasteiger charge is -2.13. The molecule has 4 nitrogen and oxygen atoms in total. The Kier molecular flexibility index (Phi) is 5.28. The fourth-order valence-corrected chi connectivity index (χ4v) is 6.14. The van der Waals surface area contributed by atoms with Crippen molar-refractivity contribution < 1.29 is 11.3 Å². The van der Waals surface area contributed by atoms with Gasteiger partial charge in [0.25, 0.3) is 0 Å². The summed E-state index contributed by atoms with van der Waals surface area (Å²) in [7, 11) is 0. The standard InChI is InChI=1S/C43H27N3O/c1-2-13-29(14-3-1)41-44-42(33-25-24-28-12-4-5-15-30(28)26-33)46-43(45-41)36-19-7-6-18-34(36)31-16-10-17-32(27-31)35-21-11-23-39-40(35)37-20-8-9-22-38(37)47-39/h1-27H/i8D,9D,21D,22D,23D. The van der Waals surface area contributed by atoms with Gasteiger partial charge >= 0.3 is 0 Å². The molecule has 0 saturated carbocycles. The number of para-hydroxylation sites is 1. The lowest BCUT2D eigenvalue weighted by molar-refractivity contribution is 0.669. The van der Waals surface area contributed by atoms with Gasteiger partial charge in [0.15, 0.2) is 17.5 Å². The Bertz CT molecular complexity index is 2870. The van der Waals surface area contributed by atoms with Gasteiger partial charge in [0, 0.05) is 27.5 Å². The largest absolute Gasteiger partial charge is 0.456 e. The van der Waals surface area contributed by atoms with E-state index in [1.807, 2.05) is 97.1 Å². The van der Waals surface area contributed by atoms with E-state index in [1.165, 1.54) is 12.1 Å². The zero-order valence-electron chi connectivity index (χ0n) is 30.0. The van der Waals surface area contributed by atoms with Crippen LogP contribution in [0.3, 0.4) is 0 Å². The Morgan fingerprint density at radius 1 is 0.426 bits per heavy atom. The molecule has 0 spiro atoms.